The third-order valence-electron chi connectivity index (χ3n) is 3.70. The standard InChI is InChI=1S/C14H16N4O2/c1-18-7-9(6-16-18)10-3-4-12(20-2)11-5-13(15-8-19)17-14(10)11/h3-4,6-8,11,14H,5H2,1-2H3,(H,15,17,19). The minimum absolute atomic E-state index is 0.0263. The van der Waals surface area contributed by atoms with Crippen LogP contribution in [-0.4, -0.2) is 35.2 Å². The van der Waals surface area contributed by atoms with Crippen molar-refractivity contribution in [3.05, 3.63) is 35.9 Å². The summed E-state index contributed by atoms with van der Waals surface area (Å²) in [5.74, 6) is 1.74. The molecule has 0 saturated carbocycles. The van der Waals surface area contributed by atoms with Crippen LogP contribution in [0.25, 0.3) is 5.57 Å². The molecule has 3 rings (SSSR count). The molecule has 1 amide bonds. The maximum absolute atomic E-state index is 10.6. The third-order valence-corrected chi connectivity index (χ3v) is 3.70. The summed E-state index contributed by atoms with van der Waals surface area (Å²) < 4.78 is 7.20. The highest BCUT2D eigenvalue weighted by molar-refractivity contribution is 5.94. The highest BCUT2D eigenvalue weighted by Crippen LogP contribution is 2.39. The minimum atomic E-state index is -0.0263. The van der Waals surface area contributed by atoms with Gasteiger partial charge >= 0.3 is 0 Å². The maximum atomic E-state index is 10.6. The molecule has 6 heteroatoms. The van der Waals surface area contributed by atoms with Crippen LogP contribution in [0.1, 0.15) is 12.0 Å². The number of hydrogen-bond donors (Lipinski definition) is 1. The molecule has 6 nitrogen and oxygen atoms in total. The Hall–Kier alpha value is -2.37. The fourth-order valence-corrected chi connectivity index (χ4v) is 2.79. The first-order chi connectivity index (χ1) is 9.72. The number of hydrogen-bond acceptors (Lipinski definition) is 4. The van der Waals surface area contributed by atoms with Crippen molar-refractivity contribution >= 4 is 17.8 Å². The molecule has 20 heavy (non-hydrogen) atoms. The van der Waals surface area contributed by atoms with Crippen LogP contribution in [0.5, 0.6) is 0 Å². The van der Waals surface area contributed by atoms with Gasteiger partial charge in [0.15, 0.2) is 0 Å². The van der Waals surface area contributed by atoms with Gasteiger partial charge in [0.25, 0.3) is 0 Å². The lowest BCUT2D eigenvalue weighted by molar-refractivity contribution is -0.108. The van der Waals surface area contributed by atoms with Crippen molar-refractivity contribution in [1.82, 2.24) is 15.1 Å². The molecule has 2 aliphatic rings. The minimum Gasteiger partial charge on any atom is -0.501 e. The highest BCUT2D eigenvalue weighted by Gasteiger charge is 2.37. The van der Waals surface area contributed by atoms with Crippen molar-refractivity contribution in [3.63, 3.8) is 0 Å². The molecule has 0 aromatic carbocycles. The maximum Gasteiger partial charge on any atom is 0.212 e. The number of aryl methyl sites for hydroxylation is 1. The lowest BCUT2D eigenvalue weighted by Crippen LogP contribution is -2.23. The van der Waals surface area contributed by atoms with Gasteiger partial charge < -0.3 is 10.1 Å². The fraction of sp³-hybridized carbons (Fsp3) is 0.357. The first-order valence-corrected chi connectivity index (χ1v) is 6.44. The number of aromatic nitrogens is 2. The van der Waals surface area contributed by atoms with Gasteiger partial charge in [-0.3, -0.25) is 14.5 Å². The molecule has 0 bridgehead atoms. The number of amidine groups is 1. The van der Waals surface area contributed by atoms with Crippen LogP contribution < -0.4 is 5.32 Å². The Bertz CT molecular complexity index is 627. The molecule has 1 aromatic heterocycles. The van der Waals surface area contributed by atoms with E-state index in [9.17, 15) is 4.79 Å². The molecule has 0 saturated heterocycles. The predicted octanol–water partition coefficient (Wildman–Crippen LogP) is 0.880. The Morgan fingerprint density at radius 3 is 3.00 bits per heavy atom. The van der Waals surface area contributed by atoms with Gasteiger partial charge in [-0.15, -0.1) is 0 Å². The van der Waals surface area contributed by atoms with E-state index in [0.717, 1.165) is 16.9 Å². The van der Waals surface area contributed by atoms with Crippen molar-refractivity contribution < 1.29 is 9.53 Å². The lowest BCUT2D eigenvalue weighted by atomic mass is 9.85. The second-order valence-corrected chi connectivity index (χ2v) is 4.89. The molecule has 1 aromatic rings. The molecule has 2 unspecified atom stereocenters. The lowest BCUT2D eigenvalue weighted by Gasteiger charge is -2.25. The second-order valence-electron chi connectivity index (χ2n) is 4.89. The van der Waals surface area contributed by atoms with Gasteiger partial charge in [-0.1, -0.05) is 6.08 Å². The van der Waals surface area contributed by atoms with E-state index in [1.54, 1.807) is 11.8 Å². The summed E-state index contributed by atoms with van der Waals surface area (Å²) in [5.41, 5.74) is 2.15. The Kier molecular flexibility index (Phi) is 3.14. The molecule has 2 atom stereocenters. The number of aliphatic imine (C=N–C) groups is 1. The molecule has 1 aliphatic carbocycles. The Labute approximate surface area is 116 Å². The van der Waals surface area contributed by atoms with Crippen LogP contribution in [0.15, 0.2) is 35.3 Å². The summed E-state index contributed by atoms with van der Waals surface area (Å²) in [6.07, 6.45) is 9.14. The van der Waals surface area contributed by atoms with E-state index in [4.69, 9.17) is 4.74 Å². The van der Waals surface area contributed by atoms with Crippen LogP contribution in [0.4, 0.5) is 0 Å². The summed E-state index contributed by atoms with van der Waals surface area (Å²) in [4.78, 5) is 15.2. The quantitative estimate of drug-likeness (QED) is 0.830. The van der Waals surface area contributed by atoms with Crippen molar-refractivity contribution in [1.29, 1.82) is 0 Å². The smallest absolute Gasteiger partial charge is 0.212 e. The number of rotatable bonds is 3. The summed E-state index contributed by atoms with van der Waals surface area (Å²) in [5, 5.41) is 6.87. The van der Waals surface area contributed by atoms with Gasteiger partial charge in [-0.05, 0) is 11.6 Å². The van der Waals surface area contributed by atoms with E-state index in [-0.39, 0.29) is 12.0 Å². The van der Waals surface area contributed by atoms with Crippen LogP contribution in [0.2, 0.25) is 0 Å². The molecule has 0 spiro atoms. The summed E-state index contributed by atoms with van der Waals surface area (Å²) >= 11 is 0. The van der Waals surface area contributed by atoms with E-state index in [1.807, 2.05) is 31.6 Å². The normalized spacial score (nSPS) is 24.4. The summed E-state index contributed by atoms with van der Waals surface area (Å²) in [7, 11) is 3.55. The fourth-order valence-electron chi connectivity index (χ4n) is 2.79. The zero-order chi connectivity index (χ0) is 14.1. The highest BCUT2D eigenvalue weighted by atomic mass is 16.5. The molecular formula is C14H16N4O2. The van der Waals surface area contributed by atoms with E-state index in [0.29, 0.717) is 18.7 Å². The van der Waals surface area contributed by atoms with Crippen molar-refractivity contribution in [2.24, 2.45) is 18.0 Å². The predicted molar refractivity (Wildman–Crippen MR) is 74.8 cm³/mol. The van der Waals surface area contributed by atoms with Gasteiger partial charge in [0.05, 0.1) is 25.3 Å². The van der Waals surface area contributed by atoms with E-state index in [1.165, 1.54) is 0 Å². The first kappa shape index (κ1) is 12.7. The Balaban J connectivity index is 1.98. The number of nitrogens with zero attached hydrogens (tertiary/aromatic N) is 3. The average Bonchev–Trinajstić information content (AvgIpc) is 3.04. The monoisotopic (exact) mass is 272 g/mol. The van der Waals surface area contributed by atoms with Gasteiger partial charge in [0, 0.05) is 25.2 Å². The summed E-state index contributed by atoms with van der Waals surface area (Å²) in [6.45, 7) is 0. The summed E-state index contributed by atoms with van der Waals surface area (Å²) in [6, 6.07) is -0.0263. The Morgan fingerprint density at radius 2 is 2.35 bits per heavy atom. The van der Waals surface area contributed by atoms with Gasteiger partial charge in [-0.25, -0.2) is 0 Å². The molecule has 104 valence electrons. The van der Waals surface area contributed by atoms with Crippen molar-refractivity contribution in [3.8, 4) is 0 Å². The van der Waals surface area contributed by atoms with Crippen LogP contribution in [0.3, 0.4) is 0 Å². The number of carbonyl (C=O) groups excluding carboxylic acids is 1. The number of fused-ring (bicyclic) bond motifs is 1. The largest absolute Gasteiger partial charge is 0.501 e. The topological polar surface area (TPSA) is 68.5 Å². The van der Waals surface area contributed by atoms with E-state index < -0.39 is 0 Å². The molecule has 0 fully saturated rings. The van der Waals surface area contributed by atoms with Gasteiger partial charge in [-0.2, -0.15) is 5.10 Å². The van der Waals surface area contributed by atoms with E-state index >= 15 is 0 Å². The number of allylic oxidation sites excluding steroid dienone is 2. The molecular weight excluding hydrogens is 256 g/mol. The SMILES string of the molecule is COC1=CC=C(c2cnn(C)c2)C2N=C(NC=O)CC12. The molecule has 1 N–H and O–H groups in total. The molecule has 1 aliphatic heterocycles. The van der Waals surface area contributed by atoms with Crippen LogP contribution >= 0.6 is 0 Å². The van der Waals surface area contributed by atoms with Gasteiger partial charge in [0.2, 0.25) is 6.41 Å². The number of nitrogens with one attached hydrogen (secondary N) is 1. The van der Waals surface area contributed by atoms with Crippen molar-refractivity contribution in [2.45, 2.75) is 12.5 Å². The molecule has 2 heterocycles. The number of methoxy groups -OCH3 is 1. The Morgan fingerprint density at radius 1 is 1.50 bits per heavy atom. The zero-order valence-corrected chi connectivity index (χ0v) is 11.4. The van der Waals surface area contributed by atoms with Crippen LogP contribution in [-0.2, 0) is 16.6 Å². The van der Waals surface area contributed by atoms with Crippen LogP contribution in [0, 0.1) is 5.92 Å². The third kappa shape index (κ3) is 2.03. The van der Waals surface area contributed by atoms with Gasteiger partial charge in [0.1, 0.15) is 11.6 Å². The second kappa shape index (κ2) is 4.96. The van der Waals surface area contributed by atoms with E-state index in [2.05, 4.69) is 15.4 Å². The number of amides is 1. The number of carbonyl (C=O) groups is 1. The molecule has 0 radical (unpaired) electrons. The zero-order valence-electron chi connectivity index (χ0n) is 11.4. The number of ether oxygens (including phenoxy) is 1. The average molecular weight is 272 g/mol. The van der Waals surface area contributed by atoms with Crippen molar-refractivity contribution in [2.75, 3.05) is 7.11 Å². The first-order valence-electron chi connectivity index (χ1n) is 6.44.